The molecule has 31 heavy (non-hydrogen) atoms. The van der Waals surface area contributed by atoms with Crippen LogP contribution in [0.2, 0.25) is 0 Å². The van der Waals surface area contributed by atoms with Gasteiger partial charge in [0, 0.05) is 36.8 Å². The molecule has 0 saturated carbocycles. The van der Waals surface area contributed by atoms with Crippen molar-refractivity contribution in [1.82, 2.24) is 25.8 Å². The van der Waals surface area contributed by atoms with Gasteiger partial charge in [-0.15, -0.1) is 6.58 Å². The topological polar surface area (TPSA) is 52.2 Å². The molecule has 0 aliphatic carbocycles. The number of hydrogen-bond acceptors (Lipinski definition) is 4. The van der Waals surface area contributed by atoms with Gasteiger partial charge in [0.05, 0.1) is 11.6 Å². The summed E-state index contributed by atoms with van der Waals surface area (Å²) in [6.45, 7) is 8.35. The first kappa shape index (κ1) is 20.9. The van der Waals surface area contributed by atoms with E-state index in [0.717, 1.165) is 36.8 Å². The lowest BCUT2D eigenvalue weighted by Gasteiger charge is -2.52. The van der Waals surface area contributed by atoms with E-state index >= 15 is 0 Å². The number of nitrogens with zero attached hydrogens (tertiary/aromatic N) is 2. The van der Waals surface area contributed by atoms with Crippen molar-refractivity contribution < 1.29 is 0 Å². The van der Waals surface area contributed by atoms with Crippen LogP contribution in [0.1, 0.15) is 37.3 Å². The van der Waals surface area contributed by atoms with Crippen molar-refractivity contribution in [3.05, 3.63) is 54.7 Å². The number of hydrogen-bond donors (Lipinski definition) is 3. The highest BCUT2D eigenvalue weighted by molar-refractivity contribution is 7.80. The number of benzene rings is 1. The second kappa shape index (κ2) is 9.23. The summed E-state index contributed by atoms with van der Waals surface area (Å²) in [6.07, 6.45) is 9.02. The van der Waals surface area contributed by atoms with E-state index in [2.05, 4.69) is 68.8 Å². The largest absolute Gasteiger partial charge is 0.361 e. The minimum Gasteiger partial charge on any atom is -0.361 e. The second-order valence-electron chi connectivity index (χ2n) is 9.29. The van der Waals surface area contributed by atoms with E-state index in [1.165, 1.54) is 36.6 Å². The van der Waals surface area contributed by atoms with Crippen LogP contribution in [0.4, 0.5) is 0 Å². The fourth-order valence-corrected chi connectivity index (χ4v) is 6.04. The molecule has 5 nitrogen and oxygen atoms in total. The summed E-state index contributed by atoms with van der Waals surface area (Å²) in [5, 5.41) is 12.7. The molecule has 6 heteroatoms. The number of para-hydroxylation sites is 1. The van der Waals surface area contributed by atoms with Gasteiger partial charge < -0.3 is 16.0 Å². The van der Waals surface area contributed by atoms with Gasteiger partial charge in [-0.25, -0.2) is 0 Å². The molecule has 1 aromatic heterocycles. The van der Waals surface area contributed by atoms with Gasteiger partial charge in [0.2, 0.25) is 0 Å². The standard InChI is InChI=1S/C25H33N5S/c1-2-17-16-30-13-10-18(17)14-23(30)24(29-25(31)28-15-19-6-5-11-26-19)21-9-12-27-22-8-4-3-7-20(21)22/h2-4,7-9,12,17-19,23-24,26H,1,5-6,10-11,13-16H2,(H2,28,29,31)/t17?,18?,19-,23-,24-/m0/s1. The van der Waals surface area contributed by atoms with Crippen LogP contribution in [0.25, 0.3) is 10.9 Å². The molecule has 3 N–H and O–H groups in total. The smallest absolute Gasteiger partial charge is 0.166 e. The second-order valence-corrected chi connectivity index (χ2v) is 9.70. The van der Waals surface area contributed by atoms with Gasteiger partial charge in [-0.3, -0.25) is 9.88 Å². The van der Waals surface area contributed by atoms with E-state index in [1.807, 2.05) is 6.20 Å². The van der Waals surface area contributed by atoms with Gasteiger partial charge in [0.15, 0.2) is 5.11 Å². The lowest BCUT2D eigenvalue weighted by molar-refractivity contribution is 0.00430. The summed E-state index contributed by atoms with van der Waals surface area (Å²) >= 11 is 5.79. The summed E-state index contributed by atoms with van der Waals surface area (Å²) in [7, 11) is 0. The quantitative estimate of drug-likeness (QED) is 0.478. The number of aromatic nitrogens is 1. The Bertz CT molecular complexity index is 935. The van der Waals surface area contributed by atoms with Crippen molar-refractivity contribution in [2.45, 2.75) is 43.8 Å². The Kier molecular flexibility index (Phi) is 6.21. The zero-order valence-corrected chi connectivity index (χ0v) is 18.9. The van der Waals surface area contributed by atoms with Crippen LogP contribution in [-0.2, 0) is 0 Å². The van der Waals surface area contributed by atoms with Crippen molar-refractivity contribution in [1.29, 1.82) is 0 Å². The minimum atomic E-state index is 0.137. The highest BCUT2D eigenvalue weighted by Crippen LogP contribution is 2.42. The first-order valence-corrected chi connectivity index (χ1v) is 12.1. The molecule has 4 aliphatic rings. The Balaban J connectivity index is 1.41. The van der Waals surface area contributed by atoms with E-state index in [1.54, 1.807) is 0 Å². The third kappa shape index (κ3) is 4.34. The molecule has 5 heterocycles. The molecule has 2 aromatic rings. The van der Waals surface area contributed by atoms with Gasteiger partial charge in [-0.1, -0.05) is 24.3 Å². The van der Waals surface area contributed by atoms with Crippen LogP contribution < -0.4 is 16.0 Å². The first-order valence-electron chi connectivity index (χ1n) is 11.7. The van der Waals surface area contributed by atoms with Crippen molar-refractivity contribution in [3.63, 3.8) is 0 Å². The normalized spacial score (nSPS) is 30.8. The number of piperidine rings is 3. The molecule has 1 aromatic carbocycles. The van der Waals surface area contributed by atoms with Crippen molar-refractivity contribution >= 4 is 28.2 Å². The van der Waals surface area contributed by atoms with Crippen LogP contribution in [0.15, 0.2) is 49.2 Å². The predicted octanol–water partition coefficient (Wildman–Crippen LogP) is 3.39. The van der Waals surface area contributed by atoms with Crippen LogP contribution in [0, 0.1) is 11.8 Å². The molecule has 2 bridgehead atoms. The van der Waals surface area contributed by atoms with E-state index in [0.29, 0.717) is 23.9 Å². The monoisotopic (exact) mass is 435 g/mol. The maximum Gasteiger partial charge on any atom is 0.166 e. The Hall–Kier alpha value is -2.02. The SMILES string of the molecule is C=CC1CN2CCC1C[C@H]2[C@@H](NC(=S)NC[C@@H]1CCCN1)c1ccnc2ccccc12. The lowest BCUT2D eigenvalue weighted by Crippen LogP contribution is -2.58. The van der Waals surface area contributed by atoms with Crippen molar-refractivity contribution in [2.24, 2.45) is 11.8 Å². The highest BCUT2D eigenvalue weighted by atomic mass is 32.1. The van der Waals surface area contributed by atoms with Gasteiger partial charge in [-0.05, 0) is 80.5 Å². The van der Waals surface area contributed by atoms with Crippen LogP contribution in [0.3, 0.4) is 0 Å². The van der Waals surface area contributed by atoms with Crippen LogP contribution >= 0.6 is 12.2 Å². The first-order chi connectivity index (χ1) is 15.2. The van der Waals surface area contributed by atoms with Crippen LogP contribution in [-0.4, -0.2) is 53.3 Å². The minimum absolute atomic E-state index is 0.137. The number of pyridine rings is 1. The Morgan fingerprint density at radius 1 is 1.32 bits per heavy atom. The zero-order valence-electron chi connectivity index (χ0n) is 18.1. The predicted molar refractivity (Wildman–Crippen MR) is 131 cm³/mol. The zero-order chi connectivity index (χ0) is 21.2. The summed E-state index contributed by atoms with van der Waals surface area (Å²) in [5.41, 5.74) is 2.34. The molecule has 4 fully saturated rings. The van der Waals surface area contributed by atoms with Gasteiger partial charge in [-0.2, -0.15) is 0 Å². The molecule has 6 atom stereocenters. The molecule has 3 unspecified atom stereocenters. The third-order valence-electron chi connectivity index (χ3n) is 7.51. The molecule has 4 saturated heterocycles. The molecule has 0 spiro atoms. The summed E-state index contributed by atoms with van der Waals surface area (Å²) in [5.74, 6) is 1.33. The lowest BCUT2D eigenvalue weighted by atomic mass is 9.73. The maximum atomic E-state index is 5.79. The Labute approximate surface area is 190 Å². The van der Waals surface area contributed by atoms with Crippen LogP contribution in [0.5, 0.6) is 0 Å². The molecular formula is C25H33N5S. The highest BCUT2D eigenvalue weighted by Gasteiger charge is 2.43. The number of thiocarbonyl (C=S) groups is 1. The molecular weight excluding hydrogens is 402 g/mol. The number of fused-ring (bicyclic) bond motifs is 4. The number of rotatable bonds is 6. The molecule has 0 radical (unpaired) electrons. The van der Waals surface area contributed by atoms with Crippen molar-refractivity contribution in [2.75, 3.05) is 26.2 Å². The average Bonchev–Trinajstić information content (AvgIpc) is 3.35. The van der Waals surface area contributed by atoms with E-state index in [4.69, 9.17) is 12.2 Å². The molecule has 0 amide bonds. The molecule has 6 rings (SSSR count). The Morgan fingerprint density at radius 2 is 2.23 bits per heavy atom. The van der Waals surface area contributed by atoms with Gasteiger partial charge in [0.25, 0.3) is 0 Å². The number of nitrogens with one attached hydrogen (secondary N) is 3. The molecule has 4 aliphatic heterocycles. The summed E-state index contributed by atoms with van der Waals surface area (Å²) in [6, 6.07) is 11.7. The van der Waals surface area contributed by atoms with Crippen molar-refractivity contribution in [3.8, 4) is 0 Å². The maximum absolute atomic E-state index is 5.79. The Morgan fingerprint density at radius 3 is 3.00 bits per heavy atom. The summed E-state index contributed by atoms with van der Waals surface area (Å²) in [4.78, 5) is 7.25. The van der Waals surface area contributed by atoms with E-state index in [9.17, 15) is 0 Å². The van der Waals surface area contributed by atoms with E-state index in [-0.39, 0.29) is 6.04 Å². The average molecular weight is 436 g/mol. The molecule has 164 valence electrons. The van der Waals surface area contributed by atoms with E-state index < -0.39 is 0 Å². The third-order valence-corrected chi connectivity index (χ3v) is 7.78. The summed E-state index contributed by atoms with van der Waals surface area (Å²) < 4.78 is 0. The van der Waals surface area contributed by atoms with Gasteiger partial charge in [0.1, 0.15) is 0 Å². The fourth-order valence-electron chi connectivity index (χ4n) is 5.83. The fraction of sp³-hybridized carbons (Fsp3) is 0.520. The van der Waals surface area contributed by atoms with Gasteiger partial charge >= 0.3 is 0 Å².